The van der Waals surface area contributed by atoms with Gasteiger partial charge in [0.05, 0.1) is 7.85 Å². The van der Waals surface area contributed by atoms with Gasteiger partial charge in [-0.2, -0.15) is 0 Å². The molecule has 0 aliphatic carbocycles. The van der Waals surface area contributed by atoms with Crippen molar-refractivity contribution in [2.24, 2.45) is 5.92 Å². The summed E-state index contributed by atoms with van der Waals surface area (Å²) in [6.45, 7) is 19.9. The summed E-state index contributed by atoms with van der Waals surface area (Å²) >= 11 is 0. The van der Waals surface area contributed by atoms with Gasteiger partial charge in [0, 0.05) is 0 Å². The third-order valence-electron chi connectivity index (χ3n) is 2.63. The molecule has 0 spiro atoms. The number of hydrogen-bond donors (Lipinski definition) is 0. The summed E-state index contributed by atoms with van der Waals surface area (Å²) < 4.78 is 0. The average molecular weight is 248 g/mol. The van der Waals surface area contributed by atoms with Crippen molar-refractivity contribution in [1.29, 1.82) is 0 Å². The number of rotatable bonds is 7. The van der Waals surface area contributed by atoms with E-state index >= 15 is 0 Å². The van der Waals surface area contributed by atoms with Crippen LogP contribution < -0.4 is 0 Å². The first-order valence-electron chi connectivity index (χ1n) is 7.23. The molecule has 1 atom stereocenters. The molecule has 0 aromatic heterocycles. The van der Waals surface area contributed by atoms with E-state index in [0.717, 1.165) is 0 Å². The van der Waals surface area contributed by atoms with E-state index in [1.165, 1.54) is 43.7 Å². The molecule has 18 heavy (non-hydrogen) atoms. The van der Waals surface area contributed by atoms with Gasteiger partial charge in [0.15, 0.2) is 0 Å². The van der Waals surface area contributed by atoms with E-state index < -0.39 is 0 Å². The Labute approximate surface area is 118 Å². The summed E-state index contributed by atoms with van der Waals surface area (Å²) in [5.41, 5.74) is 2.57. The molecule has 1 unspecified atom stereocenters. The quantitative estimate of drug-likeness (QED) is 0.376. The Balaban J connectivity index is -0.000000506. The van der Waals surface area contributed by atoms with Crippen molar-refractivity contribution < 1.29 is 0 Å². The maximum Gasteiger partial charge on any atom is 0.0606 e. The van der Waals surface area contributed by atoms with Gasteiger partial charge in [-0.15, -0.1) is 0 Å². The van der Waals surface area contributed by atoms with Gasteiger partial charge in [-0.3, -0.25) is 0 Å². The molecule has 0 saturated heterocycles. The average Bonchev–Trinajstić information content (AvgIpc) is 2.42. The summed E-state index contributed by atoms with van der Waals surface area (Å²) in [6.07, 6.45) is 9.05. The van der Waals surface area contributed by atoms with Gasteiger partial charge in [-0.25, -0.2) is 0 Å². The van der Waals surface area contributed by atoms with Crippen LogP contribution in [0.3, 0.4) is 0 Å². The van der Waals surface area contributed by atoms with Crippen LogP contribution in [0.5, 0.6) is 0 Å². The second-order valence-electron chi connectivity index (χ2n) is 3.89. The molecule has 0 saturated carbocycles. The van der Waals surface area contributed by atoms with Crippen molar-refractivity contribution in [3.63, 3.8) is 0 Å². The second-order valence-corrected chi connectivity index (χ2v) is 3.89. The Hall–Kier alpha value is -0.715. The molecular formula is C17H33B. The summed E-state index contributed by atoms with van der Waals surface area (Å²) in [6, 6.07) is 0. The van der Waals surface area contributed by atoms with Crippen LogP contribution >= 0.6 is 0 Å². The SMILES string of the molecule is C=C/C=C(\C(=C)C)C(CC)CCCC.CC.[B]C. The van der Waals surface area contributed by atoms with Crippen LogP contribution in [-0.2, 0) is 0 Å². The van der Waals surface area contributed by atoms with Crippen molar-refractivity contribution in [1.82, 2.24) is 0 Å². The molecule has 0 aliphatic rings. The van der Waals surface area contributed by atoms with E-state index in [4.69, 9.17) is 0 Å². The van der Waals surface area contributed by atoms with E-state index in [9.17, 15) is 0 Å². The molecule has 0 rings (SSSR count). The van der Waals surface area contributed by atoms with Gasteiger partial charge in [-0.05, 0) is 31.3 Å². The summed E-state index contributed by atoms with van der Waals surface area (Å²) in [7, 11) is 4.50. The molecule has 2 radical (unpaired) electrons. The smallest absolute Gasteiger partial charge is 0.0606 e. The summed E-state index contributed by atoms with van der Waals surface area (Å²) in [5, 5.41) is 0. The van der Waals surface area contributed by atoms with Crippen LogP contribution in [0.2, 0.25) is 6.82 Å². The highest BCUT2D eigenvalue weighted by atomic mass is 14.2. The Kier molecular flexibility index (Phi) is 23.3. The van der Waals surface area contributed by atoms with Gasteiger partial charge in [0.1, 0.15) is 0 Å². The highest BCUT2D eigenvalue weighted by Gasteiger charge is 2.11. The molecule has 0 heterocycles. The zero-order valence-corrected chi connectivity index (χ0v) is 13.6. The lowest BCUT2D eigenvalue weighted by Gasteiger charge is -2.18. The van der Waals surface area contributed by atoms with E-state index in [2.05, 4.69) is 47.9 Å². The van der Waals surface area contributed by atoms with Gasteiger partial charge < -0.3 is 0 Å². The lowest BCUT2D eigenvalue weighted by Crippen LogP contribution is -2.04. The highest BCUT2D eigenvalue weighted by molar-refractivity contribution is 6.05. The molecule has 1 heteroatoms. The molecule has 0 aliphatic heterocycles. The largest absolute Gasteiger partial charge is 0.0999 e. The Bertz CT molecular complexity index is 214. The fourth-order valence-corrected chi connectivity index (χ4v) is 1.78. The van der Waals surface area contributed by atoms with Crippen molar-refractivity contribution in [3.8, 4) is 0 Å². The number of unbranched alkanes of at least 4 members (excludes halogenated alkanes) is 1. The van der Waals surface area contributed by atoms with E-state index in [-0.39, 0.29) is 0 Å². The first-order chi connectivity index (χ1) is 8.67. The summed E-state index contributed by atoms with van der Waals surface area (Å²) in [5.74, 6) is 0.672. The standard InChI is InChI=1S/C14H24.C2H6.CH3B/c1-6-9-11-13(8-3)14(10-7-2)12(4)5;2*1-2/h7,10,13H,2,4,6,8-9,11H2,1,3,5H3;1-2H3;1H3/b14-10+;;. The molecule has 0 aromatic carbocycles. The first-order valence-corrected chi connectivity index (χ1v) is 7.23. The minimum Gasteiger partial charge on any atom is -0.0999 e. The van der Waals surface area contributed by atoms with E-state index in [0.29, 0.717) is 5.92 Å². The van der Waals surface area contributed by atoms with Gasteiger partial charge in [0.2, 0.25) is 0 Å². The molecule has 104 valence electrons. The maximum atomic E-state index is 4.50. The normalized spacial score (nSPS) is 11.3. The van der Waals surface area contributed by atoms with E-state index in [1.807, 2.05) is 19.9 Å². The van der Waals surface area contributed by atoms with Crippen molar-refractivity contribution in [3.05, 3.63) is 36.5 Å². The van der Waals surface area contributed by atoms with Gasteiger partial charge in [0.25, 0.3) is 0 Å². The maximum absolute atomic E-state index is 4.50. The third-order valence-corrected chi connectivity index (χ3v) is 2.63. The predicted molar refractivity (Wildman–Crippen MR) is 89.4 cm³/mol. The Morgan fingerprint density at radius 1 is 1.22 bits per heavy atom. The second kappa shape index (κ2) is 18.6. The molecule has 0 fully saturated rings. The first kappa shape index (κ1) is 22.5. The zero-order chi connectivity index (χ0) is 15.0. The van der Waals surface area contributed by atoms with Crippen molar-refractivity contribution in [2.75, 3.05) is 0 Å². The predicted octanol–water partition coefficient (Wildman–Crippen LogP) is 6.12. The van der Waals surface area contributed by atoms with E-state index in [1.54, 1.807) is 0 Å². The van der Waals surface area contributed by atoms with Crippen LogP contribution in [0.15, 0.2) is 36.5 Å². The molecule has 0 N–H and O–H groups in total. The fraction of sp³-hybridized carbons (Fsp3) is 0.647. The van der Waals surface area contributed by atoms with Crippen LogP contribution in [0.1, 0.15) is 60.3 Å². The monoisotopic (exact) mass is 248 g/mol. The van der Waals surface area contributed by atoms with Gasteiger partial charge >= 0.3 is 0 Å². The lowest BCUT2D eigenvalue weighted by molar-refractivity contribution is 0.519. The zero-order valence-electron chi connectivity index (χ0n) is 13.6. The molecule has 0 aromatic rings. The van der Waals surface area contributed by atoms with Crippen LogP contribution in [0.4, 0.5) is 0 Å². The molecule has 0 nitrogen and oxygen atoms in total. The highest BCUT2D eigenvalue weighted by Crippen LogP contribution is 2.26. The fourth-order valence-electron chi connectivity index (χ4n) is 1.78. The minimum absolute atomic E-state index is 0.672. The summed E-state index contributed by atoms with van der Waals surface area (Å²) in [4.78, 5) is 0. The van der Waals surface area contributed by atoms with Crippen molar-refractivity contribution in [2.45, 2.75) is 67.1 Å². The topological polar surface area (TPSA) is 0 Å². The van der Waals surface area contributed by atoms with Crippen LogP contribution in [-0.4, -0.2) is 7.85 Å². The number of allylic oxidation sites excluding steroid dienone is 4. The molecule has 0 bridgehead atoms. The number of hydrogen-bond acceptors (Lipinski definition) is 0. The van der Waals surface area contributed by atoms with Crippen LogP contribution in [0.25, 0.3) is 0 Å². The lowest BCUT2D eigenvalue weighted by atomic mass is 9.87. The molecule has 0 amide bonds. The van der Waals surface area contributed by atoms with Crippen LogP contribution in [0, 0.1) is 5.92 Å². The van der Waals surface area contributed by atoms with Crippen molar-refractivity contribution >= 4 is 7.85 Å². The minimum atomic E-state index is 0.672. The Morgan fingerprint density at radius 3 is 2.00 bits per heavy atom. The third kappa shape index (κ3) is 11.8. The van der Waals surface area contributed by atoms with Gasteiger partial charge in [-0.1, -0.05) is 78.2 Å². The molecular weight excluding hydrogens is 215 g/mol. The Morgan fingerprint density at radius 2 is 1.72 bits per heavy atom.